The van der Waals surface area contributed by atoms with Crippen LogP contribution in [0.4, 0.5) is 13.2 Å². The molecule has 90 valence electrons. The normalized spacial score (nSPS) is 16.9. The van der Waals surface area contributed by atoms with Crippen LogP contribution in [0.2, 0.25) is 0 Å². The van der Waals surface area contributed by atoms with Gasteiger partial charge in [0.15, 0.2) is 0 Å². The Morgan fingerprint density at radius 1 is 1.44 bits per heavy atom. The Morgan fingerprint density at radius 2 is 2.06 bits per heavy atom. The van der Waals surface area contributed by atoms with Gasteiger partial charge in [-0.1, -0.05) is 6.08 Å². The fourth-order valence-corrected chi connectivity index (χ4v) is 1.39. The lowest BCUT2D eigenvalue weighted by Crippen LogP contribution is -2.37. The molecule has 1 N–H and O–H groups in total. The second kappa shape index (κ2) is 4.54. The standard InChI is InChI=1S/C9H10F3NO3/c10-9(11,12)6-1-3-13(4-2-6)7(14)5-8(15)16/h1H,2-5H2,(H,15,16). The molecule has 1 aliphatic rings. The van der Waals surface area contributed by atoms with Crippen LogP contribution in [0.3, 0.4) is 0 Å². The number of nitrogens with zero attached hydrogens (tertiary/aromatic N) is 1. The molecule has 4 nitrogen and oxygen atoms in total. The van der Waals surface area contributed by atoms with Gasteiger partial charge in [-0.25, -0.2) is 0 Å². The van der Waals surface area contributed by atoms with Gasteiger partial charge in [0, 0.05) is 18.7 Å². The Kier molecular flexibility index (Phi) is 3.56. The zero-order valence-corrected chi connectivity index (χ0v) is 8.25. The fourth-order valence-electron chi connectivity index (χ4n) is 1.39. The van der Waals surface area contributed by atoms with Gasteiger partial charge in [-0.05, 0) is 6.42 Å². The molecule has 0 saturated heterocycles. The number of carbonyl (C=O) groups is 2. The Morgan fingerprint density at radius 3 is 2.44 bits per heavy atom. The van der Waals surface area contributed by atoms with Gasteiger partial charge in [0.2, 0.25) is 5.91 Å². The number of rotatable bonds is 2. The molecule has 1 aliphatic heterocycles. The van der Waals surface area contributed by atoms with Crippen molar-refractivity contribution in [2.45, 2.75) is 19.0 Å². The predicted molar refractivity (Wildman–Crippen MR) is 47.6 cm³/mol. The van der Waals surface area contributed by atoms with E-state index in [1.807, 2.05) is 0 Å². The van der Waals surface area contributed by atoms with E-state index in [1.165, 1.54) is 0 Å². The van der Waals surface area contributed by atoms with Crippen LogP contribution in [0, 0.1) is 0 Å². The van der Waals surface area contributed by atoms with Crippen LogP contribution in [-0.4, -0.2) is 41.1 Å². The Balaban J connectivity index is 2.57. The maximum absolute atomic E-state index is 12.2. The highest BCUT2D eigenvalue weighted by Gasteiger charge is 2.35. The molecule has 0 aliphatic carbocycles. The highest BCUT2D eigenvalue weighted by molar-refractivity contribution is 5.93. The van der Waals surface area contributed by atoms with Gasteiger partial charge in [-0.15, -0.1) is 0 Å². The third kappa shape index (κ3) is 3.25. The van der Waals surface area contributed by atoms with E-state index in [0.717, 1.165) is 11.0 Å². The monoisotopic (exact) mass is 237 g/mol. The van der Waals surface area contributed by atoms with Crippen molar-refractivity contribution in [2.75, 3.05) is 13.1 Å². The molecule has 0 unspecified atom stereocenters. The second-order valence-electron chi connectivity index (χ2n) is 3.39. The number of carboxylic acid groups (broad SMARTS) is 1. The zero-order valence-electron chi connectivity index (χ0n) is 8.25. The van der Waals surface area contributed by atoms with E-state index in [9.17, 15) is 22.8 Å². The van der Waals surface area contributed by atoms with E-state index in [-0.39, 0.29) is 19.5 Å². The molecule has 0 spiro atoms. The minimum atomic E-state index is -4.36. The van der Waals surface area contributed by atoms with Crippen LogP contribution in [0.1, 0.15) is 12.8 Å². The first-order chi connectivity index (χ1) is 7.30. The molecule has 0 aromatic rings. The largest absolute Gasteiger partial charge is 0.481 e. The molecule has 0 saturated carbocycles. The Labute approximate surface area is 89.3 Å². The summed E-state index contributed by atoms with van der Waals surface area (Å²) in [6.45, 7) is -0.265. The molecule has 0 bridgehead atoms. The molecule has 0 fully saturated rings. The summed E-state index contributed by atoms with van der Waals surface area (Å²) < 4.78 is 36.6. The third-order valence-electron chi connectivity index (χ3n) is 2.23. The number of amides is 1. The summed E-state index contributed by atoms with van der Waals surface area (Å²) >= 11 is 0. The number of aliphatic carboxylic acids is 1. The molecule has 16 heavy (non-hydrogen) atoms. The van der Waals surface area contributed by atoms with Crippen molar-refractivity contribution < 1.29 is 27.9 Å². The molecular formula is C9H10F3NO3. The summed E-state index contributed by atoms with van der Waals surface area (Å²) in [6, 6.07) is 0. The summed E-state index contributed by atoms with van der Waals surface area (Å²) in [7, 11) is 0. The smallest absolute Gasteiger partial charge is 0.412 e. The molecule has 1 heterocycles. The maximum atomic E-state index is 12.2. The van der Waals surface area contributed by atoms with E-state index < -0.39 is 30.0 Å². The van der Waals surface area contributed by atoms with Crippen LogP contribution in [-0.2, 0) is 9.59 Å². The molecule has 0 radical (unpaired) electrons. The quantitative estimate of drug-likeness (QED) is 0.579. The topological polar surface area (TPSA) is 57.6 Å². The maximum Gasteiger partial charge on any atom is 0.412 e. The summed E-state index contributed by atoms with van der Waals surface area (Å²) in [5.41, 5.74) is -0.660. The van der Waals surface area contributed by atoms with E-state index in [0.29, 0.717) is 0 Å². The first-order valence-electron chi connectivity index (χ1n) is 4.56. The van der Waals surface area contributed by atoms with Crippen molar-refractivity contribution in [3.63, 3.8) is 0 Å². The molecule has 0 aromatic carbocycles. The van der Waals surface area contributed by atoms with Crippen molar-refractivity contribution >= 4 is 11.9 Å². The lowest BCUT2D eigenvalue weighted by molar-refractivity contribution is -0.144. The molecule has 0 aromatic heterocycles. The van der Waals surface area contributed by atoms with E-state index in [4.69, 9.17) is 5.11 Å². The second-order valence-corrected chi connectivity index (χ2v) is 3.39. The van der Waals surface area contributed by atoms with Gasteiger partial charge in [0.1, 0.15) is 6.42 Å². The molecule has 1 rings (SSSR count). The van der Waals surface area contributed by atoms with Crippen molar-refractivity contribution in [3.8, 4) is 0 Å². The lowest BCUT2D eigenvalue weighted by Gasteiger charge is -2.26. The number of hydrogen-bond acceptors (Lipinski definition) is 2. The average Bonchev–Trinajstić information content (AvgIpc) is 2.15. The highest BCUT2D eigenvalue weighted by atomic mass is 19.4. The van der Waals surface area contributed by atoms with Gasteiger partial charge < -0.3 is 10.0 Å². The van der Waals surface area contributed by atoms with Gasteiger partial charge >= 0.3 is 12.1 Å². The van der Waals surface area contributed by atoms with E-state index in [2.05, 4.69) is 0 Å². The summed E-state index contributed by atoms with van der Waals surface area (Å²) in [5.74, 6) is -1.94. The summed E-state index contributed by atoms with van der Waals surface area (Å²) in [6.07, 6.45) is -4.41. The molecule has 1 amide bonds. The van der Waals surface area contributed by atoms with Gasteiger partial charge in [-0.3, -0.25) is 9.59 Å². The van der Waals surface area contributed by atoms with Crippen molar-refractivity contribution in [1.29, 1.82) is 0 Å². The lowest BCUT2D eigenvalue weighted by atomic mass is 10.1. The van der Waals surface area contributed by atoms with Crippen molar-refractivity contribution in [2.24, 2.45) is 0 Å². The van der Waals surface area contributed by atoms with Gasteiger partial charge in [-0.2, -0.15) is 13.2 Å². The van der Waals surface area contributed by atoms with E-state index >= 15 is 0 Å². The van der Waals surface area contributed by atoms with Crippen LogP contribution in [0.5, 0.6) is 0 Å². The zero-order chi connectivity index (χ0) is 12.3. The number of halogens is 3. The molecule has 0 atom stereocenters. The number of carbonyl (C=O) groups excluding carboxylic acids is 1. The van der Waals surface area contributed by atoms with Gasteiger partial charge in [0.25, 0.3) is 0 Å². The number of alkyl halides is 3. The van der Waals surface area contributed by atoms with Crippen LogP contribution in [0.25, 0.3) is 0 Å². The number of hydrogen-bond donors (Lipinski definition) is 1. The van der Waals surface area contributed by atoms with Gasteiger partial charge in [0.05, 0.1) is 0 Å². The van der Waals surface area contributed by atoms with Crippen LogP contribution in [0.15, 0.2) is 11.6 Å². The first-order valence-corrected chi connectivity index (χ1v) is 4.56. The van der Waals surface area contributed by atoms with Crippen LogP contribution >= 0.6 is 0 Å². The molecular weight excluding hydrogens is 227 g/mol. The average molecular weight is 237 g/mol. The Hall–Kier alpha value is -1.53. The van der Waals surface area contributed by atoms with E-state index in [1.54, 1.807) is 0 Å². The minimum Gasteiger partial charge on any atom is -0.481 e. The molecule has 7 heteroatoms. The number of carboxylic acids is 1. The third-order valence-corrected chi connectivity index (χ3v) is 2.23. The first kappa shape index (κ1) is 12.5. The SMILES string of the molecule is O=C(O)CC(=O)N1CC=C(C(F)(F)F)CC1. The Bertz CT molecular complexity index is 335. The van der Waals surface area contributed by atoms with Crippen LogP contribution < -0.4 is 0 Å². The van der Waals surface area contributed by atoms with Crippen molar-refractivity contribution in [1.82, 2.24) is 4.90 Å². The fraction of sp³-hybridized carbons (Fsp3) is 0.556. The van der Waals surface area contributed by atoms with Crippen molar-refractivity contribution in [3.05, 3.63) is 11.6 Å². The predicted octanol–water partition coefficient (Wildman–Crippen LogP) is 1.18. The highest BCUT2D eigenvalue weighted by Crippen LogP contribution is 2.30. The summed E-state index contributed by atoms with van der Waals surface area (Å²) in [5, 5.41) is 8.35. The minimum absolute atomic E-state index is 0.0859. The summed E-state index contributed by atoms with van der Waals surface area (Å²) in [4.78, 5) is 22.5.